The number of carboxylic acid groups (broad SMARTS) is 1. The van der Waals surface area contributed by atoms with Crippen LogP contribution in [0.3, 0.4) is 0 Å². The Morgan fingerprint density at radius 2 is 1.81 bits per heavy atom. The fraction of sp³-hybridized carbons (Fsp3) is 0.353. The van der Waals surface area contributed by atoms with Gasteiger partial charge >= 0.3 is 5.97 Å². The Balaban J connectivity index is 2.28. The molecule has 1 heterocycles. The third-order valence-corrected chi connectivity index (χ3v) is 5.05. The highest BCUT2D eigenvalue weighted by Crippen LogP contribution is 2.39. The Morgan fingerprint density at radius 3 is 2.38 bits per heavy atom. The molecule has 7 nitrogen and oxygen atoms in total. The molecular formula is C17H19NO6S2. The molecule has 0 spiro atoms. The average Bonchev–Trinajstić information content (AvgIpc) is 2.88. The number of rotatable bonds is 8. The van der Waals surface area contributed by atoms with Gasteiger partial charge in [-0.15, -0.1) is 0 Å². The lowest BCUT2D eigenvalue weighted by Gasteiger charge is -2.13. The van der Waals surface area contributed by atoms with E-state index in [-0.39, 0.29) is 18.9 Å². The van der Waals surface area contributed by atoms with E-state index in [1.165, 1.54) is 38.0 Å². The molecule has 1 fully saturated rings. The number of ether oxygens (including phenoxy) is 3. The van der Waals surface area contributed by atoms with Crippen LogP contribution in [0.2, 0.25) is 0 Å². The van der Waals surface area contributed by atoms with Gasteiger partial charge in [0, 0.05) is 24.6 Å². The number of carbonyl (C=O) groups excluding carboxylic acids is 1. The van der Waals surface area contributed by atoms with Crippen LogP contribution in [0.15, 0.2) is 17.0 Å². The van der Waals surface area contributed by atoms with Crippen molar-refractivity contribution in [3.8, 4) is 17.2 Å². The molecule has 1 N–H and O–H groups in total. The molecule has 1 aliphatic rings. The third kappa shape index (κ3) is 4.47. The predicted molar refractivity (Wildman–Crippen MR) is 103 cm³/mol. The Labute approximate surface area is 160 Å². The van der Waals surface area contributed by atoms with Crippen molar-refractivity contribution in [3.63, 3.8) is 0 Å². The van der Waals surface area contributed by atoms with Gasteiger partial charge in [0.25, 0.3) is 5.91 Å². The molecule has 0 aliphatic carbocycles. The van der Waals surface area contributed by atoms with Gasteiger partial charge in [-0.25, -0.2) is 0 Å². The minimum atomic E-state index is -0.902. The number of hydrogen-bond acceptors (Lipinski definition) is 7. The summed E-state index contributed by atoms with van der Waals surface area (Å²) in [5.41, 5.74) is 0.649. The van der Waals surface area contributed by atoms with Gasteiger partial charge in [-0.05, 0) is 18.6 Å². The zero-order chi connectivity index (χ0) is 19.3. The van der Waals surface area contributed by atoms with E-state index in [2.05, 4.69) is 0 Å². The maximum Gasteiger partial charge on any atom is 0.303 e. The number of hydrogen-bond donors (Lipinski definition) is 1. The number of thioether (sulfide) groups is 1. The zero-order valence-corrected chi connectivity index (χ0v) is 16.2. The van der Waals surface area contributed by atoms with Crippen LogP contribution in [-0.2, 0) is 9.59 Å². The van der Waals surface area contributed by atoms with E-state index in [1.807, 2.05) is 0 Å². The van der Waals surface area contributed by atoms with Crippen molar-refractivity contribution in [1.29, 1.82) is 0 Å². The van der Waals surface area contributed by atoms with Gasteiger partial charge < -0.3 is 19.3 Å². The van der Waals surface area contributed by atoms with Crippen LogP contribution < -0.4 is 14.2 Å². The molecule has 2 rings (SSSR count). The molecule has 1 amide bonds. The molecule has 140 valence electrons. The number of methoxy groups -OCH3 is 3. The van der Waals surface area contributed by atoms with Gasteiger partial charge in [0.05, 0.1) is 26.2 Å². The third-order valence-electron chi connectivity index (χ3n) is 3.67. The normalized spacial score (nSPS) is 15.5. The fourth-order valence-electron chi connectivity index (χ4n) is 2.39. The molecule has 1 aliphatic heterocycles. The number of aliphatic carboxylic acids is 1. The largest absolute Gasteiger partial charge is 0.496 e. The molecule has 1 saturated heterocycles. The first-order valence-electron chi connectivity index (χ1n) is 7.68. The highest BCUT2D eigenvalue weighted by atomic mass is 32.2. The van der Waals surface area contributed by atoms with E-state index in [4.69, 9.17) is 31.5 Å². The molecule has 26 heavy (non-hydrogen) atoms. The summed E-state index contributed by atoms with van der Waals surface area (Å²) < 4.78 is 16.3. The highest BCUT2D eigenvalue weighted by Gasteiger charge is 2.32. The number of carboxylic acids is 1. The average molecular weight is 397 g/mol. The molecule has 0 unspecified atom stereocenters. The quantitative estimate of drug-likeness (QED) is 0.529. The number of carbonyl (C=O) groups is 2. The van der Waals surface area contributed by atoms with E-state index in [1.54, 1.807) is 18.2 Å². The highest BCUT2D eigenvalue weighted by molar-refractivity contribution is 8.26. The van der Waals surface area contributed by atoms with Crippen molar-refractivity contribution in [1.82, 2.24) is 4.90 Å². The first kappa shape index (κ1) is 20.1. The van der Waals surface area contributed by atoms with E-state index >= 15 is 0 Å². The maximum atomic E-state index is 12.6. The standard InChI is InChI=1S/C17H19NO6S2/c1-22-11-9-13(24-3)12(23-2)7-10(11)8-14-16(21)18(17(25)26-14)6-4-5-15(19)20/h7-9H,4-6H2,1-3H3,(H,19,20)/b14-8-. The first-order chi connectivity index (χ1) is 12.4. The summed E-state index contributed by atoms with van der Waals surface area (Å²) in [6.45, 7) is 0.275. The zero-order valence-electron chi connectivity index (χ0n) is 14.6. The molecule has 0 saturated carbocycles. The summed E-state index contributed by atoms with van der Waals surface area (Å²) in [4.78, 5) is 25.1. The Kier molecular flexibility index (Phi) is 6.87. The molecule has 0 radical (unpaired) electrons. The Morgan fingerprint density at radius 1 is 1.19 bits per heavy atom. The van der Waals surface area contributed by atoms with E-state index in [0.29, 0.717) is 38.5 Å². The number of nitrogens with zero attached hydrogens (tertiary/aromatic N) is 1. The van der Waals surface area contributed by atoms with Gasteiger partial charge in [-0.2, -0.15) is 0 Å². The second-order valence-electron chi connectivity index (χ2n) is 5.28. The van der Waals surface area contributed by atoms with E-state index < -0.39 is 5.97 Å². The number of amides is 1. The van der Waals surface area contributed by atoms with Crippen LogP contribution in [0.4, 0.5) is 0 Å². The lowest BCUT2D eigenvalue weighted by Crippen LogP contribution is -2.29. The summed E-state index contributed by atoms with van der Waals surface area (Å²) in [7, 11) is 4.57. The van der Waals surface area contributed by atoms with E-state index in [9.17, 15) is 9.59 Å². The topological polar surface area (TPSA) is 85.3 Å². The van der Waals surface area contributed by atoms with Gasteiger partial charge in [-0.1, -0.05) is 24.0 Å². The summed E-state index contributed by atoms with van der Waals surface area (Å²) in [5, 5.41) is 8.73. The second-order valence-corrected chi connectivity index (χ2v) is 6.96. The summed E-state index contributed by atoms with van der Waals surface area (Å²) in [5.74, 6) is 0.404. The lowest BCUT2D eigenvalue weighted by molar-refractivity contribution is -0.137. The molecule has 1 aromatic rings. The van der Waals surface area contributed by atoms with Crippen LogP contribution in [0.5, 0.6) is 17.2 Å². The molecular weight excluding hydrogens is 378 g/mol. The van der Waals surface area contributed by atoms with E-state index in [0.717, 1.165) is 0 Å². The van der Waals surface area contributed by atoms with Gasteiger partial charge in [-0.3, -0.25) is 14.5 Å². The van der Waals surface area contributed by atoms with Crippen LogP contribution in [0, 0.1) is 0 Å². The van der Waals surface area contributed by atoms with Crippen LogP contribution in [0.25, 0.3) is 6.08 Å². The van der Waals surface area contributed by atoms with Crippen molar-refractivity contribution in [2.24, 2.45) is 0 Å². The molecule has 0 aromatic heterocycles. The van der Waals surface area contributed by atoms with Crippen molar-refractivity contribution in [2.45, 2.75) is 12.8 Å². The van der Waals surface area contributed by atoms with Gasteiger partial charge in [0.2, 0.25) is 0 Å². The summed E-state index contributed by atoms with van der Waals surface area (Å²) >= 11 is 6.42. The first-order valence-corrected chi connectivity index (χ1v) is 8.91. The molecule has 0 atom stereocenters. The minimum Gasteiger partial charge on any atom is -0.496 e. The van der Waals surface area contributed by atoms with Crippen molar-refractivity contribution in [2.75, 3.05) is 27.9 Å². The number of benzene rings is 1. The van der Waals surface area contributed by atoms with Crippen molar-refractivity contribution >= 4 is 46.3 Å². The fourth-order valence-corrected chi connectivity index (χ4v) is 3.69. The Hall–Kier alpha value is -2.26. The van der Waals surface area contributed by atoms with Gasteiger partial charge in [0.1, 0.15) is 10.1 Å². The predicted octanol–water partition coefficient (Wildman–Crippen LogP) is 2.78. The van der Waals surface area contributed by atoms with Crippen molar-refractivity contribution < 1.29 is 28.9 Å². The summed E-state index contributed by atoms with van der Waals surface area (Å²) in [6, 6.07) is 3.40. The molecule has 1 aromatic carbocycles. The van der Waals surface area contributed by atoms with Crippen LogP contribution >= 0.6 is 24.0 Å². The SMILES string of the molecule is COc1cc(OC)c(OC)cc1/C=C1\SC(=S)N(CCCC(=O)O)C1=O. The summed E-state index contributed by atoms with van der Waals surface area (Å²) in [6.07, 6.45) is 2.01. The van der Waals surface area contributed by atoms with Crippen LogP contribution in [-0.4, -0.2) is 54.1 Å². The monoisotopic (exact) mass is 397 g/mol. The lowest BCUT2D eigenvalue weighted by atomic mass is 10.1. The Bertz CT molecular complexity index is 762. The van der Waals surface area contributed by atoms with Crippen LogP contribution in [0.1, 0.15) is 18.4 Å². The molecule has 9 heteroatoms. The number of thiocarbonyl (C=S) groups is 1. The van der Waals surface area contributed by atoms with Gasteiger partial charge in [0.15, 0.2) is 11.5 Å². The molecule has 0 bridgehead atoms. The van der Waals surface area contributed by atoms with Crippen molar-refractivity contribution in [3.05, 3.63) is 22.6 Å². The second kappa shape index (κ2) is 8.91. The smallest absolute Gasteiger partial charge is 0.303 e. The minimum absolute atomic E-state index is 0.0143. The maximum absolute atomic E-state index is 12.6.